The average Bonchev–Trinajstić information content (AvgIpc) is 2.57. The second-order valence-corrected chi connectivity index (χ2v) is 5.56. The zero-order valence-corrected chi connectivity index (χ0v) is 11.8. The summed E-state index contributed by atoms with van der Waals surface area (Å²) in [5, 5.41) is 19.6. The van der Waals surface area contributed by atoms with Crippen LogP contribution in [0.4, 0.5) is 0 Å². The number of ether oxygens (including phenoxy) is 1. The molecule has 2 unspecified atom stereocenters. The molecule has 1 aliphatic carbocycles. The Labute approximate surface area is 115 Å². The molecule has 3 heteroatoms. The lowest BCUT2D eigenvalue weighted by atomic mass is 10.1. The van der Waals surface area contributed by atoms with Gasteiger partial charge in [0.15, 0.2) is 0 Å². The van der Waals surface area contributed by atoms with Gasteiger partial charge in [-0.3, -0.25) is 0 Å². The number of aryl methyl sites for hydroxylation is 1. The van der Waals surface area contributed by atoms with Crippen LogP contribution in [0, 0.1) is 6.92 Å². The van der Waals surface area contributed by atoms with Gasteiger partial charge >= 0.3 is 0 Å². The van der Waals surface area contributed by atoms with Crippen molar-refractivity contribution in [3.05, 3.63) is 29.3 Å². The van der Waals surface area contributed by atoms with Crippen LogP contribution in [0.3, 0.4) is 0 Å². The van der Waals surface area contributed by atoms with Crippen molar-refractivity contribution < 1.29 is 14.9 Å². The Bertz CT molecular complexity index is 414. The van der Waals surface area contributed by atoms with E-state index in [0.29, 0.717) is 0 Å². The van der Waals surface area contributed by atoms with E-state index >= 15 is 0 Å². The van der Waals surface area contributed by atoms with Crippen LogP contribution in [0.15, 0.2) is 18.2 Å². The zero-order valence-electron chi connectivity index (χ0n) is 11.8. The lowest BCUT2D eigenvalue weighted by Crippen LogP contribution is -2.30. The first-order valence-corrected chi connectivity index (χ1v) is 7.21. The predicted molar refractivity (Wildman–Crippen MR) is 75.3 cm³/mol. The number of aliphatic hydroxyl groups excluding tert-OH is 2. The maximum absolute atomic E-state index is 10.1. The molecule has 1 aliphatic rings. The van der Waals surface area contributed by atoms with Crippen molar-refractivity contribution in [3.8, 4) is 5.75 Å². The number of rotatable bonds is 3. The summed E-state index contributed by atoms with van der Waals surface area (Å²) in [6, 6.07) is 5.73. The van der Waals surface area contributed by atoms with Gasteiger partial charge in [-0.1, -0.05) is 18.9 Å². The summed E-state index contributed by atoms with van der Waals surface area (Å²) in [6.07, 6.45) is 4.20. The van der Waals surface area contributed by atoms with Gasteiger partial charge in [-0.25, -0.2) is 0 Å². The second kappa shape index (κ2) is 6.40. The first-order chi connectivity index (χ1) is 9.08. The molecule has 1 aromatic rings. The lowest BCUT2D eigenvalue weighted by Gasteiger charge is -2.23. The molecule has 0 bridgehead atoms. The minimum absolute atomic E-state index is 0.0985. The van der Waals surface area contributed by atoms with Gasteiger partial charge in [-0.2, -0.15) is 0 Å². The molecule has 1 aromatic carbocycles. The van der Waals surface area contributed by atoms with Gasteiger partial charge in [0, 0.05) is 0 Å². The highest BCUT2D eigenvalue weighted by Gasteiger charge is 2.23. The highest BCUT2D eigenvalue weighted by atomic mass is 16.5. The van der Waals surface area contributed by atoms with E-state index in [1.807, 2.05) is 25.1 Å². The van der Waals surface area contributed by atoms with E-state index in [2.05, 4.69) is 0 Å². The lowest BCUT2D eigenvalue weighted by molar-refractivity contribution is 0.0315. The third kappa shape index (κ3) is 3.71. The van der Waals surface area contributed by atoms with Gasteiger partial charge in [0.1, 0.15) is 11.9 Å². The molecule has 19 heavy (non-hydrogen) atoms. The van der Waals surface area contributed by atoms with Gasteiger partial charge in [-0.15, -0.1) is 0 Å². The Morgan fingerprint density at radius 3 is 2.63 bits per heavy atom. The minimum atomic E-state index is -0.462. The number of hydrogen-bond donors (Lipinski definition) is 2. The predicted octanol–water partition coefficient (Wildman–Crippen LogP) is 3.12. The van der Waals surface area contributed by atoms with Gasteiger partial charge in [-0.05, 0) is 56.4 Å². The first-order valence-electron chi connectivity index (χ1n) is 7.21. The molecule has 3 nitrogen and oxygen atoms in total. The molecule has 3 atom stereocenters. The summed E-state index contributed by atoms with van der Waals surface area (Å²) in [5.74, 6) is 0.815. The van der Waals surface area contributed by atoms with Crippen LogP contribution in [-0.4, -0.2) is 22.4 Å². The van der Waals surface area contributed by atoms with Crippen LogP contribution in [0.25, 0.3) is 0 Å². The molecule has 0 amide bonds. The molecule has 0 saturated heterocycles. The summed E-state index contributed by atoms with van der Waals surface area (Å²) in [6.45, 7) is 3.73. The summed E-state index contributed by atoms with van der Waals surface area (Å²) in [4.78, 5) is 0. The Balaban J connectivity index is 2.09. The molecule has 2 rings (SSSR count). The van der Waals surface area contributed by atoms with Crippen LogP contribution in [-0.2, 0) is 0 Å². The quantitative estimate of drug-likeness (QED) is 0.825. The average molecular weight is 264 g/mol. The molecule has 106 valence electrons. The molecular formula is C16H24O3. The number of aliphatic hydroxyl groups is 2. The van der Waals surface area contributed by atoms with E-state index in [0.717, 1.165) is 42.6 Å². The molecular weight excluding hydrogens is 240 g/mol. The topological polar surface area (TPSA) is 49.7 Å². The van der Waals surface area contributed by atoms with Crippen molar-refractivity contribution >= 4 is 0 Å². The molecule has 1 saturated carbocycles. The molecule has 2 N–H and O–H groups in total. The van der Waals surface area contributed by atoms with Crippen LogP contribution in [0.1, 0.15) is 56.3 Å². The van der Waals surface area contributed by atoms with Crippen LogP contribution in [0.2, 0.25) is 0 Å². The molecule has 0 spiro atoms. The SMILES string of the molecule is Cc1cc([C@H](C)O)ccc1OC1CCCCCC1O. The summed E-state index contributed by atoms with van der Waals surface area (Å²) < 4.78 is 5.98. The standard InChI is InChI=1S/C16H24O3/c1-11-10-13(12(2)17)8-9-15(11)19-16-7-5-3-4-6-14(16)18/h8-10,12,14,16-18H,3-7H2,1-2H3/t12-,14?,16?/m0/s1. The van der Waals surface area contributed by atoms with Crippen molar-refractivity contribution in [1.82, 2.24) is 0 Å². The molecule has 0 radical (unpaired) electrons. The smallest absolute Gasteiger partial charge is 0.124 e. The van der Waals surface area contributed by atoms with Crippen molar-refractivity contribution in [2.75, 3.05) is 0 Å². The highest BCUT2D eigenvalue weighted by Crippen LogP contribution is 2.27. The largest absolute Gasteiger partial charge is 0.487 e. The van der Waals surface area contributed by atoms with Crippen molar-refractivity contribution in [2.24, 2.45) is 0 Å². The Morgan fingerprint density at radius 2 is 1.95 bits per heavy atom. The normalized spacial score (nSPS) is 25.7. The summed E-state index contributed by atoms with van der Waals surface area (Å²) in [7, 11) is 0. The van der Waals surface area contributed by atoms with E-state index in [1.165, 1.54) is 6.42 Å². The maximum atomic E-state index is 10.1. The fraction of sp³-hybridized carbons (Fsp3) is 0.625. The van der Waals surface area contributed by atoms with E-state index in [-0.39, 0.29) is 12.2 Å². The molecule has 0 heterocycles. The fourth-order valence-electron chi connectivity index (χ4n) is 2.62. The van der Waals surface area contributed by atoms with Crippen LogP contribution in [0.5, 0.6) is 5.75 Å². The van der Waals surface area contributed by atoms with Crippen molar-refractivity contribution in [2.45, 2.75) is 64.3 Å². The third-order valence-corrected chi connectivity index (χ3v) is 3.88. The summed E-state index contributed by atoms with van der Waals surface area (Å²) >= 11 is 0. The van der Waals surface area contributed by atoms with Crippen molar-refractivity contribution in [3.63, 3.8) is 0 Å². The number of hydrogen-bond acceptors (Lipinski definition) is 3. The van der Waals surface area contributed by atoms with Crippen LogP contribution >= 0.6 is 0 Å². The van der Waals surface area contributed by atoms with Gasteiger partial charge in [0.2, 0.25) is 0 Å². The highest BCUT2D eigenvalue weighted by molar-refractivity contribution is 5.37. The van der Waals surface area contributed by atoms with E-state index < -0.39 is 6.10 Å². The van der Waals surface area contributed by atoms with Gasteiger partial charge < -0.3 is 14.9 Å². The molecule has 0 aromatic heterocycles. The van der Waals surface area contributed by atoms with Gasteiger partial charge in [0.05, 0.1) is 12.2 Å². The minimum Gasteiger partial charge on any atom is -0.487 e. The second-order valence-electron chi connectivity index (χ2n) is 5.56. The first kappa shape index (κ1) is 14.4. The Hall–Kier alpha value is -1.06. The van der Waals surface area contributed by atoms with Crippen LogP contribution < -0.4 is 4.74 Å². The number of benzene rings is 1. The maximum Gasteiger partial charge on any atom is 0.124 e. The monoisotopic (exact) mass is 264 g/mol. The fourth-order valence-corrected chi connectivity index (χ4v) is 2.62. The Morgan fingerprint density at radius 1 is 1.21 bits per heavy atom. The van der Waals surface area contributed by atoms with E-state index in [9.17, 15) is 10.2 Å². The Kier molecular flexibility index (Phi) is 4.83. The zero-order chi connectivity index (χ0) is 13.8. The van der Waals surface area contributed by atoms with Gasteiger partial charge in [0.25, 0.3) is 0 Å². The molecule has 0 aliphatic heterocycles. The summed E-state index contributed by atoms with van der Waals surface area (Å²) in [5.41, 5.74) is 1.90. The van der Waals surface area contributed by atoms with E-state index in [4.69, 9.17) is 4.74 Å². The molecule has 1 fully saturated rings. The van der Waals surface area contributed by atoms with Crippen molar-refractivity contribution in [1.29, 1.82) is 0 Å². The van der Waals surface area contributed by atoms with E-state index in [1.54, 1.807) is 6.92 Å². The third-order valence-electron chi connectivity index (χ3n) is 3.88.